The standard InChI is InChI=1S/C24H27FN4O4/c1-26-20-12-17(25)10-15-11-18(23(31)28-21(15)20)22(30)27-19-6-5-14(24(32)33)9-16(19)13-29-7-3-2-4-8-29/h5-6,9-12,24,26,32-33H,2-4,7-8,13H2,1H3,(H,27,30)(H,28,31). The van der Waals surface area contributed by atoms with E-state index < -0.39 is 23.6 Å². The van der Waals surface area contributed by atoms with Crippen LogP contribution in [0.3, 0.4) is 0 Å². The number of anilines is 2. The lowest BCUT2D eigenvalue weighted by Gasteiger charge is -2.27. The Labute approximate surface area is 190 Å². The van der Waals surface area contributed by atoms with Gasteiger partial charge < -0.3 is 25.8 Å². The van der Waals surface area contributed by atoms with E-state index in [0.29, 0.717) is 34.4 Å². The van der Waals surface area contributed by atoms with Crippen LogP contribution in [-0.2, 0) is 6.54 Å². The zero-order chi connectivity index (χ0) is 23.5. The fourth-order valence-electron chi connectivity index (χ4n) is 4.22. The minimum absolute atomic E-state index is 0.148. The third-order valence-corrected chi connectivity index (χ3v) is 5.95. The van der Waals surface area contributed by atoms with E-state index in [1.165, 1.54) is 30.7 Å². The Hall–Kier alpha value is -3.27. The molecule has 1 aromatic heterocycles. The molecule has 3 aromatic rings. The van der Waals surface area contributed by atoms with Gasteiger partial charge in [-0.3, -0.25) is 14.5 Å². The van der Waals surface area contributed by atoms with Crippen LogP contribution in [0.15, 0.2) is 41.2 Å². The second kappa shape index (κ2) is 9.70. The highest BCUT2D eigenvalue weighted by molar-refractivity contribution is 6.06. The Kier molecular flexibility index (Phi) is 6.73. The molecular formula is C24H27FN4O4. The van der Waals surface area contributed by atoms with Gasteiger partial charge in [-0.15, -0.1) is 0 Å². The number of hydrogen-bond acceptors (Lipinski definition) is 6. The van der Waals surface area contributed by atoms with Gasteiger partial charge in [0.15, 0.2) is 6.29 Å². The van der Waals surface area contributed by atoms with Gasteiger partial charge in [-0.25, -0.2) is 4.39 Å². The molecule has 1 saturated heterocycles. The van der Waals surface area contributed by atoms with E-state index in [9.17, 15) is 24.2 Å². The predicted molar refractivity (Wildman–Crippen MR) is 125 cm³/mol. The molecule has 1 aliphatic heterocycles. The molecule has 8 nitrogen and oxygen atoms in total. The highest BCUT2D eigenvalue weighted by Crippen LogP contribution is 2.26. The topological polar surface area (TPSA) is 118 Å². The van der Waals surface area contributed by atoms with Crippen molar-refractivity contribution in [3.05, 3.63) is 69.3 Å². The van der Waals surface area contributed by atoms with Crippen LogP contribution in [0.1, 0.15) is 47.0 Å². The Bertz CT molecular complexity index is 1240. The molecule has 0 bridgehead atoms. The summed E-state index contributed by atoms with van der Waals surface area (Å²) in [5.74, 6) is -1.13. The summed E-state index contributed by atoms with van der Waals surface area (Å²) < 4.78 is 14.0. The third-order valence-electron chi connectivity index (χ3n) is 5.95. The molecule has 1 aliphatic rings. The number of carbonyl (C=O) groups excluding carboxylic acids is 1. The second-order valence-corrected chi connectivity index (χ2v) is 8.26. The molecule has 0 radical (unpaired) electrons. The van der Waals surface area contributed by atoms with Crippen molar-refractivity contribution in [1.29, 1.82) is 0 Å². The van der Waals surface area contributed by atoms with Gasteiger partial charge in [0.1, 0.15) is 11.4 Å². The number of aliphatic hydroxyl groups is 2. The highest BCUT2D eigenvalue weighted by atomic mass is 19.1. The van der Waals surface area contributed by atoms with Crippen LogP contribution in [-0.4, -0.2) is 46.1 Å². The molecule has 5 N–H and O–H groups in total. The number of piperidine rings is 1. The average Bonchev–Trinajstić information content (AvgIpc) is 2.80. The largest absolute Gasteiger partial charge is 0.386 e. The second-order valence-electron chi connectivity index (χ2n) is 8.26. The number of fused-ring (bicyclic) bond motifs is 1. The number of likely N-dealkylation sites (tertiary alicyclic amines) is 1. The van der Waals surface area contributed by atoms with Crippen molar-refractivity contribution in [1.82, 2.24) is 9.88 Å². The molecule has 0 unspecified atom stereocenters. The van der Waals surface area contributed by atoms with Crippen molar-refractivity contribution in [2.24, 2.45) is 0 Å². The van der Waals surface area contributed by atoms with Crippen LogP contribution in [0, 0.1) is 5.82 Å². The molecule has 0 spiro atoms. The van der Waals surface area contributed by atoms with Crippen molar-refractivity contribution in [3.63, 3.8) is 0 Å². The summed E-state index contributed by atoms with van der Waals surface area (Å²) in [6, 6.07) is 8.64. The van der Waals surface area contributed by atoms with Gasteiger partial charge in [0.05, 0.1) is 11.2 Å². The van der Waals surface area contributed by atoms with E-state index in [2.05, 4.69) is 20.5 Å². The zero-order valence-corrected chi connectivity index (χ0v) is 18.3. The van der Waals surface area contributed by atoms with Crippen molar-refractivity contribution < 1.29 is 19.4 Å². The molecule has 4 rings (SSSR count). The van der Waals surface area contributed by atoms with Crippen LogP contribution in [0.25, 0.3) is 10.9 Å². The molecule has 2 heterocycles. The molecule has 33 heavy (non-hydrogen) atoms. The van der Waals surface area contributed by atoms with E-state index in [1.807, 2.05) is 0 Å². The lowest BCUT2D eigenvalue weighted by Crippen LogP contribution is -2.30. The molecule has 9 heteroatoms. The lowest BCUT2D eigenvalue weighted by atomic mass is 10.0. The molecular weight excluding hydrogens is 427 g/mol. The Morgan fingerprint density at radius 2 is 1.88 bits per heavy atom. The zero-order valence-electron chi connectivity index (χ0n) is 18.3. The maximum Gasteiger partial charge on any atom is 0.261 e. The summed E-state index contributed by atoms with van der Waals surface area (Å²) in [5.41, 5.74) is 1.59. The number of aromatic amines is 1. The van der Waals surface area contributed by atoms with E-state index in [-0.39, 0.29) is 5.56 Å². The van der Waals surface area contributed by atoms with Crippen molar-refractivity contribution in [3.8, 4) is 0 Å². The number of carbonyl (C=O) groups is 1. The molecule has 0 aliphatic carbocycles. The van der Waals surface area contributed by atoms with E-state index in [4.69, 9.17) is 0 Å². The van der Waals surface area contributed by atoms with Crippen LogP contribution >= 0.6 is 0 Å². The first kappa shape index (κ1) is 22.9. The number of benzene rings is 2. The maximum atomic E-state index is 14.0. The van der Waals surface area contributed by atoms with E-state index in [0.717, 1.165) is 31.5 Å². The van der Waals surface area contributed by atoms with Gasteiger partial charge in [0.25, 0.3) is 11.5 Å². The summed E-state index contributed by atoms with van der Waals surface area (Å²) in [5, 5.41) is 25.2. The third kappa shape index (κ3) is 5.05. The van der Waals surface area contributed by atoms with Crippen LogP contribution in [0.5, 0.6) is 0 Å². The maximum absolute atomic E-state index is 14.0. The number of hydrogen-bond donors (Lipinski definition) is 5. The molecule has 1 amide bonds. The Morgan fingerprint density at radius 3 is 2.58 bits per heavy atom. The fraction of sp³-hybridized carbons (Fsp3) is 0.333. The molecule has 1 fully saturated rings. The molecule has 174 valence electrons. The van der Waals surface area contributed by atoms with Crippen molar-refractivity contribution >= 4 is 28.2 Å². The lowest BCUT2D eigenvalue weighted by molar-refractivity contribution is -0.0425. The van der Waals surface area contributed by atoms with Gasteiger partial charge >= 0.3 is 0 Å². The monoisotopic (exact) mass is 454 g/mol. The average molecular weight is 455 g/mol. The van der Waals surface area contributed by atoms with Crippen molar-refractivity contribution in [2.45, 2.75) is 32.1 Å². The molecule has 0 saturated carbocycles. The summed E-state index contributed by atoms with van der Waals surface area (Å²) >= 11 is 0. The molecule has 2 aromatic carbocycles. The Balaban J connectivity index is 1.67. The van der Waals surface area contributed by atoms with E-state index >= 15 is 0 Å². The normalized spacial score (nSPS) is 14.6. The summed E-state index contributed by atoms with van der Waals surface area (Å²) in [6.07, 6.45) is 1.72. The Morgan fingerprint density at radius 1 is 1.12 bits per heavy atom. The minimum Gasteiger partial charge on any atom is -0.386 e. The number of halogens is 1. The van der Waals surface area contributed by atoms with Crippen LogP contribution in [0.2, 0.25) is 0 Å². The van der Waals surface area contributed by atoms with Crippen molar-refractivity contribution in [2.75, 3.05) is 30.8 Å². The van der Waals surface area contributed by atoms with Gasteiger partial charge in [-0.05, 0) is 61.8 Å². The van der Waals surface area contributed by atoms with Gasteiger partial charge in [-0.1, -0.05) is 12.5 Å². The first-order valence-corrected chi connectivity index (χ1v) is 10.9. The highest BCUT2D eigenvalue weighted by Gasteiger charge is 2.19. The van der Waals surface area contributed by atoms with Gasteiger partial charge in [0, 0.05) is 30.2 Å². The quantitative estimate of drug-likeness (QED) is 0.366. The summed E-state index contributed by atoms with van der Waals surface area (Å²) in [4.78, 5) is 30.6. The predicted octanol–water partition coefficient (Wildman–Crippen LogP) is 2.93. The number of aliphatic hydroxyl groups excluding tert-OH is 1. The van der Waals surface area contributed by atoms with E-state index in [1.54, 1.807) is 19.2 Å². The number of rotatable bonds is 6. The number of H-pyrrole nitrogens is 1. The first-order chi connectivity index (χ1) is 15.9. The van der Waals surface area contributed by atoms with Crippen LogP contribution < -0.4 is 16.2 Å². The SMILES string of the molecule is CNc1cc(F)cc2cc(C(=O)Nc3ccc(C(O)O)cc3CN3CCCCC3)c(=O)[nH]c12. The minimum atomic E-state index is -1.63. The van der Waals surface area contributed by atoms with Crippen LogP contribution in [0.4, 0.5) is 15.8 Å². The number of pyridine rings is 1. The molecule has 0 atom stereocenters. The number of amides is 1. The number of aromatic nitrogens is 1. The smallest absolute Gasteiger partial charge is 0.261 e. The first-order valence-electron chi connectivity index (χ1n) is 10.9. The number of nitrogens with one attached hydrogen (secondary N) is 3. The summed E-state index contributed by atoms with van der Waals surface area (Å²) in [6.45, 7) is 2.37. The van der Waals surface area contributed by atoms with Gasteiger partial charge in [0.2, 0.25) is 0 Å². The fourth-order valence-corrected chi connectivity index (χ4v) is 4.22. The number of nitrogens with zero attached hydrogens (tertiary/aromatic N) is 1. The summed E-state index contributed by atoms with van der Waals surface area (Å²) in [7, 11) is 1.62. The van der Waals surface area contributed by atoms with Gasteiger partial charge in [-0.2, -0.15) is 0 Å².